The quantitative estimate of drug-likeness (QED) is 0.485. The Morgan fingerprint density at radius 1 is 1.42 bits per heavy atom. The lowest BCUT2D eigenvalue weighted by molar-refractivity contribution is -0.347. The number of aryl methyl sites for hydroxylation is 1. The van der Waals surface area contributed by atoms with Gasteiger partial charge in [-0.05, 0) is 24.6 Å². The summed E-state index contributed by atoms with van der Waals surface area (Å²) in [5.74, 6) is -0.787. The molecule has 1 aliphatic rings. The van der Waals surface area contributed by atoms with Gasteiger partial charge in [0.1, 0.15) is 11.3 Å². The fourth-order valence-electron chi connectivity index (χ4n) is 2.38. The lowest BCUT2D eigenvalue weighted by Crippen LogP contribution is -2.31. The third-order valence-corrected chi connectivity index (χ3v) is 3.40. The minimum atomic E-state index is -1.32. The van der Waals surface area contributed by atoms with Gasteiger partial charge in [-0.25, -0.2) is 10.1 Å². The Morgan fingerprint density at radius 2 is 2.16 bits per heavy atom. The van der Waals surface area contributed by atoms with Gasteiger partial charge >= 0.3 is 5.63 Å². The Kier molecular flexibility index (Phi) is 2.32. The second-order valence-electron chi connectivity index (χ2n) is 4.68. The van der Waals surface area contributed by atoms with E-state index in [2.05, 4.69) is 11.5 Å². The number of benzene rings is 1. The van der Waals surface area contributed by atoms with Crippen molar-refractivity contribution in [2.75, 3.05) is 0 Å². The van der Waals surface area contributed by atoms with E-state index in [1.807, 2.05) is 6.92 Å². The van der Waals surface area contributed by atoms with Crippen molar-refractivity contribution < 1.29 is 19.3 Å². The first-order chi connectivity index (χ1) is 8.96. The summed E-state index contributed by atoms with van der Waals surface area (Å²) in [4.78, 5) is 15.8. The Balaban J connectivity index is 2.40. The zero-order valence-electron chi connectivity index (χ0n) is 10.5. The molecule has 0 saturated carbocycles. The summed E-state index contributed by atoms with van der Waals surface area (Å²) in [7, 11) is 0. The molecule has 0 amide bonds. The summed E-state index contributed by atoms with van der Waals surface area (Å²) in [6.45, 7) is 7.28. The molecule has 1 N–H and O–H groups in total. The van der Waals surface area contributed by atoms with Gasteiger partial charge in [0.15, 0.2) is 0 Å². The van der Waals surface area contributed by atoms with Gasteiger partial charge in [0, 0.05) is 29.5 Å². The van der Waals surface area contributed by atoms with Crippen molar-refractivity contribution in [3.63, 3.8) is 0 Å². The van der Waals surface area contributed by atoms with Gasteiger partial charge in [-0.15, -0.1) is 0 Å². The highest BCUT2D eigenvalue weighted by molar-refractivity contribution is 5.98. The molecule has 0 aliphatic carbocycles. The van der Waals surface area contributed by atoms with E-state index in [4.69, 9.17) is 14.4 Å². The molecule has 1 aromatic heterocycles. The second-order valence-corrected chi connectivity index (χ2v) is 4.68. The highest BCUT2D eigenvalue weighted by Gasteiger charge is 2.42. The lowest BCUT2D eigenvalue weighted by Gasteiger charge is -2.20. The molecule has 0 spiro atoms. The first-order valence-electron chi connectivity index (χ1n) is 5.75. The standard InChI is InChI=1S/C14H12O5/c1-7-6-11(15)17-9-4-5-10-13(12(7)9)8(2)14(3,18-10)19-16/h4-6,16H,2H2,1,3H3. The van der Waals surface area contributed by atoms with Gasteiger partial charge in [-0.1, -0.05) is 6.58 Å². The largest absolute Gasteiger partial charge is 0.455 e. The zero-order valence-corrected chi connectivity index (χ0v) is 10.5. The Labute approximate surface area is 108 Å². The second kappa shape index (κ2) is 3.69. The number of rotatable bonds is 1. The molecule has 1 unspecified atom stereocenters. The summed E-state index contributed by atoms with van der Waals surface area (Å²) in [5.41, 5.74) is 1.98. The maximum Gasteiger partial charge on any atom is 0.336 e. The van der Waals surface area contributed by atoms with E-state index in [0.29, 0.717) is 22.5 Å². The summed E-state index contributed by atoms with van der Waals surface area (Å²) < 4.78 is 10.7. The third-order valence-electron chi connectivity index (χ3n) is 3.40. The normalized spacial score (nSPS) is 21.5. The smallest absolute Gasteiger partial charge is 0.336 e. The molecule has 2 heterocycles. The average molecular weight is 260 g/mol. The van der Waals surface area contributed by atoms with Crippen molar-refractivity contribution in [3.8, 4) is 5.75 Å². The van der Waals surface area contributed by atoms with Crippen LogP contribution in [-0.2, 0) is 4.89 Å². The zero-order chi connectivity index (χ0) is 13.8. The van der Waals surface area contributed by atoms with Crippen molar-refractivity contribution in [1.29, 1.82) is 0 Å². The van der Waals surface area contributed by atoms with Gasteiger partial charge in [0.2, 0.25) is 0 Å². The van der Waals surface area contributed by atoms with E-state index in [0.717, 1.165) is 10.9 Å². The Hall–Kier alpha value is -2.11. The number of hydrogen-bond donors (Lipinski definition) is 1. The predicted octanol–water partition coefficient (Wildman–Crippen LogP) is 2.71. The van der Waals surface area contributed by atoms with E-state index in [1.54, 1.807) is 19.1 Å². The van der Waals surface area contributed by atoms with Crippen molar-refractivity contribution in [3.05, 3.63) is 46.3 Å². The molecule has 3 rings (SSSR count). The van der Waals surface area contributed by atoms with Crippen LogP contribution in [0.25, 0.3) is 16.5 Å². The SMILES string of the molecule is C=C1c2c(ccc3oc(=O)cc(C)c23)OC1(C)OO. The highest BCUT2D eigenvalue weighted by atomic mass is 17.1. The number of fused-ring (bicyclic) bond motifs is 3. The van der Waals surface area contributed by atoms with Gasteiger partial charge in [-0.2, -0.15) is 4.89 Å². The van der Waals surface area contributed by atoms with Gasteiger partial charge < -0.3 is 9.15 Å². The molecule has 5 nitrogen and oxygen atoms in total. The Bertz CT molecular complexity index is 758. The van der Waals surface area contributed by atoms with Crippen LogP contribution in [0, 0.1) is 6.92 Å². The van der Waals surface area contributed by atoms with Gasteiger partial charge in [0.25, 0.3) is 5.79 Å². The average Bonchev–Trinajstić information content (AvgIpc) is 2.62. The summed E-state index contributed by atoms with van der Waals surface area (Å²) in [6, 6.07) is 4.72. The van der Waals surface area contributed by atoms with Crippen LogP contribution in [0.2, 0.25) is 0 Å². The van der Waals surface area contributed by atoms with Crippen molar-refractivity contribution in [2.45, 2.75) is 19.6 Å². The molecule has 0 radical (unpaired) electrons. The van der Waals surface area contributed by atoms with E-state index < -0.39 is 11.4 Å². The highest BCUT2D eigenvalue weighted by Crippen LogP contribution is 2.47. The first-order valence-corrected chi connectivity index (χ1v) is 5.75. The molecule has 0 bridgehead atoms. The topological polar surface area (TPSA) is 68.9 Å². The van der Waals surface area contributed by atoms with Crippen LogP contribution < -0.4 is 10.4 Å². The van der Waals surface area contributed by atoms with E-state index >= 15 is 0 Å². The van der Waals surface area contributed by atoms with Crippen LogP contribution in [0.5, 0.6) is 5.75 Å². The first kappa shape index (κ1) is 12.0. The number of ether oxygens (including phenoxy) is 1. The Morgan fingerprint density at radius 3 is 2.84 bits per heavy atom. The van der Waals surface area contributed by atoms with Crippen molar-refractivity contribution in [1.82, 2.24) is 0 Å². The summed E-state index contributed by atoms with van der Waals surface area (Å²) in [6.07, 6.45) is 0. The van der Waals surface area contributed by atoms with Crippen LogP contribution in [0.4, 0.5) is 0 Å². The maximum atomic E-state index is 11.4. The molecule has 0 fully saturated rings. The maximum absolute atomic E-state index is 11.4. The minimum Gasteiger partial charge on any atom is -0.455 e. The van der Waals surface area contributed by atoms with Gasteiger partial charge in [0.05, 0.1) is 0 Å². The third kappa shape index (κ3) is 1.52. The van der Waals surface area contributed by atoms with E-state index in [-0.39, 0.29) is 0 Å². The molecule has 1 atom stereocenters. The minimum absolute atomic E-state index is 0.407. The molecular weight excluding hydrogens is 248 g/mol. The van der Waals surface area contributed by atoms with Crippen LogP contribution >= 0.6 is 0 Å². The van der Waals surface area contributed by atoms with Crippen LogP contribution in [0.1, 0.15) is 18.1 Å². The fraction of sp³-hybridized carbons (Fsp3) is 0.214. The van der Waals surface area contributed by atoms with Gasteiger partial charge in [-0.3, -0.25) is 0 Å². The van der Waals surface area contributed by atoms with Crippen LogP contribution in [-0.4, -0.2) is 11.0 Å². The summed E-state index contributed by atoms with van der Waals surface area (Å²) in [5, 5.41) is 9.73. The van der Waals surface area contributed by atoms with E-state index in [1.165, 1.54) is 6.07 Å². The van der Waals surface area contributed by atoms with Crippen molar-refractivity contribution >= 4 is 16.5 Å². The summed E-state index contributed by atoms with van der Waals surface area (Å²) >= 11 is 0. The lowest BCUT2D eigenvalue weighted by atomic mass is 9.96. The molecule has 1 aromatic carbocycles. The molecular formula is C14H12O5. The molecule has 98 valence electrons. The van der Waals surface area contributed by atoms with E-state index in [9.17, 15) is 4.79 Å². The number of hydrogen-bond acceptors (Lipinski definition) is 5. The monoisotopic (exact) mass is 260 g/mol. The fourth-order valence-corrected chi connectivity index (χ4v) is 2.38. The molecule has 5 heteroatoms. The molecule has 0 saturated heterocycles. The predicted molar refractivity (Wildman–Crippen MR) is 69.0 cm³/mol. The van der Waals surface area contributed by atoms with Crippen LogP contribution in [0.3, 0.4) is 0 Å². The molecule has 1 aliphatic heterocycles. The van der Waals surface area contributed by atoms with Crippen LogP contribution in [0.15, 0.2) is 34.0 Å². The molecule has 2 aromatic rings. The van der Waals surface area contributed by atoms with Crippen molar-refractivity contribution in [2.24, 2.45) is 0 Å². The molecule has 19 heavy (non-hydrogen) atoms.